The van der Waals surface area contributed by atoms with E-state index in [0.717, 1.165) is 16.1 Å². The van der Waals surface area contributed by atoms with Crippen molar-refractivity contribution in [3.8, 4) is 0 Å². The third kappa shape index (κ3) is 5.53. The first-order chi connectivity index (χ1) is 16.3. The van der Waals surface area contributed by atoms with Crippen molar-refractivity contribution in [3.63, 3.8) is 0 Å². The lowest BCUT2D eigenvalue weighted by atomic mass is 9.95. The van der Waals surface area contributed by atoms with Gasteiger partial charge in [0.2, 0.25) is 11.8 Å². The largest absolute Gasteiger partial charge is 0.343 e. The molecule has 0 radical (unpaired) electrons. The number of benzene rings is 2. The van der Waals surface area contributed by atoms with Crippen LogP contribution in [-0.4, -0.2) is 40.5 Å². The van der Waals surface area contributed by atoms with Crippen molar-refractivity contribution in [3.05, 3.63) is 87.4 Å². The number of carbonyl (C=O) groups is 2. The summed E-state index contributed by atoms with van der Waals surface area (Å²) in [5.41, 5.74) is 3.74. The predicted octanol–water partition coefficient (Wildman–Crippen LogP) is 4.96. The Balaban J connectivity index is 1.55. The average molecular weight is 480 g/mol. The molecule has 2 heterocycles. The highest BCUT2D eigenvalue weighted by Gasteiger charge is 2.40. The highest BCUT2D eigenvalue weighted by atomic mass is 32.1. The zero-order valence-corrected chi connectivity index (χ0v) is 20.5. The highest BCUT2D eigenvalue weighted by molar-refractivity contribution is 7.09. The second-order valence-corrected chi connectivity index (χ2v) is 10.2. The summed E-state index contributed by atoms with van der Waals surface area (Å²) in [4.78, 5) is 32.1. The van der Waals surface area contributed by atoms with Gasteiger partial charge in [0.15, 0.2) is 0 Å². The molecule has 7 heteroatoms. The molecule has 1 aliphatic heterocycles. The van der Waals surface area contributed by atoms with Crippen LogP contribution in [0.2, 0.25) is 0 Å². The van der Waals surface area contributed by atoms with Gasteiger partial charge in [0.05, 0.1) is 29.7 Å². The first-order valence-corrected chi connectivity index (χ1v) is 12.5. The molecule has 3 aromatic rings. The van der Waals surface area contributed by atoms with Gasteiger partial charge >= 0.3 is 0 Å². The van der Waals surface area contributed by atoms with E-state index in [1.807, 2.05) is 54.8 Å². The highest BCUT2D eigenvalue weighted by Crippen LogP contribution is 2.27. The molecule has 0 bridgehead atoms. The molecule has 34 heavy (non-hydrogen) atoms. The van der Waals surface area contributed by atoms with Crippen LogP contribution in [0.15, 0.2) is 60.0 Å². The topological polar surface area (TPSA) is 62.3 Å². The van der Waals surface area contributed by atoms with Crippen molar-refractivity contribution in [1.29, 1.82) is 0 Å². The van der Waals surface area contributed by atoms with Crippen molar-refractivity contribution >= 4 is 23.2 Å². The average Bonchev–Trinajstić information content (AvgIpc) is 3.43. The van der Waals surface area contributed by atoms with Crippen LogP contribution in [0.5, 0.6) is 0 Å². The molecule has 5 nitrogen and oxygen atoms in total. The Hall–Kier alpha value is -3.06. The molecule has 1 N–H and O–H groups in total. The molecule has 1 aromatic heterocycles. The Bertz CT molecular complexity index is 1130. The van der Waals surface area contributed by atoms with E-state index in [2.05, 4.69) is 36.3 Å². The van der Waals surface area contributed by atoms with Gasteiger partial charge in [-0.05, 0) is 29.5 Å². The zero-order valence-electron chi connectivity index (χ0n) is 19.7. The lowest BCUT2D eigenvalue weighted by molar-refractivity contribution is -0.138. The minimum absolute atomic E-state index is 0.00145. The minimum atomic E-state index is -1.22. The number of thiazole rings is 1. The minimum Gasteiger partial charge on any atom is -0.343 e. The number of hydrogen-bond donors (Lipinski definition) is 1. The number of carbonyl (C=O) groups excluding carboxylic acids is 2. The Labute approximate surface area is 204 Å². The van der Waals surface area contributed by atoms with Gasteiger partial charge in [-0.2, -0.15) is 0 Å². The fourth-order valence-electron chi connectivity index (χ4n) is 4.37. The summed E-state index contributed by atoms with van der Waals surface area (Å²) in [7, 11) is 0. The number of likely N-dealkylation sites (tertiary alicyclic amines) is 1. The van der Waals surface area contributed by atoms with E-state index in [-0.39, 0.29) is 31.2 Å². The molecule has 178 valence electrons. The maximum absolute atomic E-state index is 14.4. The SMILES string of the molecule is Cc1nc(CC(=O)N2C[C@H](F)C[C@H]2C(=O)N[C@@H](c2ccccc2)c2ccc(C(C)C)cc2)cs1. The van der Waals surface area contributed by atoms with Gasteiger partial charge in [0.25, 0.3) is 0 Å². The van der Waals surface area contributed by atoms with E-state index in [1.54, 1.807) is 0 Å². The van der Waals surface area contributed by atoms with Crippen LogP contribution in [0.3, 0.4) is 0 Å². The van der Waals surface area contributed by atoms with E-state index >= 15 is 0 Å². The molecule has 0 spiro atoms. The van der Waals surface area contributed by atoms with Crippen LogP contribution >= 0.6 is 11.3 Å². The van der Waals surface area contributed by atoms with Crippen LogP contribution in [0.1, 0.15) is 59.6 Å². The van der Waals surface area contributed by atoms with Gasteiger partial charge in [0, 0.05) is 11.8 Å². The van der Waals surface area contributed by atoms with Crippen LogP contribution in [0, 0.1) is 6.92 Å². The number of nitrogens with one attached hydrogen (secondary N) is 1. The van der Waals surface area contributed by atoms with E-state index in [0.29, 0.717) is 11.6 Å². The fourth-order valence-corrected chi connectivity index (χ4v) is 4.98. The lowest BCUT2D eigenvalue weighted by Crippen LogP contribution is -2.47. The first-order valence-electron chi connectivity index (χ1n) is 11.6. The quantitative estimate of drug-likeness (QED) is 0.521. The van der Waals surface area contributed by atoms with Crippen LogP contribution in [0.25, 0.3) is 0 Å². The fraction of sp³-hybridized carbons (Fsp3) is 0.370. The molecule has 2 aromatic carbocycles. The monoisotopic (exact) mass is 479 g/mol. The molecule has 3 atom stereocenters. The number of halogens is 1. The Morgan fingerprint density at radius 2 is 1.74 bits per heavy atom. The molecule has 0 saturated carbocycles. The van der Waals surface area contributed by atoms with Crippen LogP contribution in [-0.2, 0) is 16.0 Å². The molecule has 0 unspecified atom stereocenters. The number of amides is 2. The summed E-state index contributed by atoms with van der Waals surface area (Å²) in [5, 5.41) is 5.80. The molecule has 1 fully saturated rings. The lowest BCUT2D eigenvalue weighted by Gasteiger charge is -2.27. The molecular formula is C27H30FN3O2S. The summed E-state index contributed by atoms with van der Waals surface area (Å²) in [6.45, 7) is 6.08. The number of alkyl halides is 1. The second-order valence-electron chi connectivity index (χ2n) is 9.10. The molecule has 2 amide bonds. The van der Waals surface area contributed by atoms with Gasteiger partial charge in [-0.25, -0.2) is 9.37 Å². The second kappa shape index (κ2) is 10.5. The number of aromatic nitrogens is 1. The summed E-state index contributed by atoms with van der Waals surface area (Å²) in [6, 6.07) is 16.6. The van der Waals surface area contributed by atoms with Gasteiger partial charge in [0.1, 0.15) is 12.2 Å². The van der Waals surface area contributed by atoms with Gasteiger partial charge in [-0.15, -0.1) is 11.3 Å². The van der Waals surface area contributed by atoms with Gasteiger partial charge < -0.3 is 10.2 Å². The summed E-state index contributed by atoms with van der Waals surface area (Å²) in [6.07, 6.45) is -1.15. The third-order valence-electron chi connectivity index (χ3n) is 6.23. The molecule has 0 aliphatic carbocycles. The van der Waals surface area contributed by atoms with E-state index in [1.165, 1.54) is 21.8 Å². The molecule has 4 rings (SSSR count). The van der Waals surface area contributed by atoms with Crippen molar-refractivity contribution in [1.82, 2.24) is 15.2 Å². The number of rotatable bonds is 7. The number of aryl methyl sites for hydroxylation is 1. The van der Waals surface area contributed by atoms with Gasteiger partial charge in [-0.1, -0.05) is 68.4 Å². The standard InChI is InChI=1S/C27H30FN3O2S/c1-17(2)19-9-11-21(12-10-19)26(20-7-5-4-6-8-20)30-27(33)24-13-22(28)15-31(24)25(32)14-23-16-34-18(3)29-23/h4-12,16-17,22,24,26H,13-15H2,1-3H3,(H,30,33)/t22-,24+,26+/m1/s1. The van der Waals surface area contributed by atoms with Crippen molar-refractivity contribution in [2.75, 3.05) is 6.54 Å². The molecule has 1 saturated heterocycles. The smallest absolute Gasteiger partial charge is 0.243 e. The Kier molecular flexibility index (Phi) is 7.41. The van der Waals surface area contributed by atoms with E-state index in [4.69, 9.17) is 0 Å². The maximum Gasteiger partial charge on any atom is 0.243 e. The summed E-state index contributed by atoms with van der Waals surface area (Å²) < 4.78 is 14.4. The normalized spacial score (nSPS) is 18.8. The Morgan fingerprint density at radius 3 is 2.35 bits per heavy atom. The van der Waals surface area contributed by atoms with Crippen LogP contribution in [0.4, 0.5) is 4.39 Å². The van der Waals surface area contributed by atoms with Gasteiger partial charge in [-0.3, -0.25) is 9.59 Å². The van der Waals surface area contributed by atoms with E-state index < -0.39 is 18.3 Å². The van der Waals surface area contributed by atoms with Crippen molar-refractivity contribution in [2.45, 2.75) is 57.8 Å². The molecule has 1 aliphatic rings. The van der Waals surface area contributed by atoms with E-state index in [9.17, 15) is 14.0 Å². The Morgan fingerprint density at radius 1 is 1.09 bits per heavy atom. The summed E-state index contributed by atoms with van der Waals surface area (Å²) in [5.74, 6) is -0.215. The predicted molar refractivity (Wildman–Crippen MR) is 133 cm³/mol. The first kappa shape index (κ1) is 24.1. The summed E-state index contributed by atoms with van der Waals surface area (Å²) >= 11 is 1.47. The molecular weight excluding hydrogens is 449 g/mol. The zero-order chi connectivity index (χ0) is 24.2. The number of hydrogen-bond acceptors (Lipinski definition) is 4. The van der Waals surface area contributed by atoms with Crippen LogP contribution < -0.4 is 5.32 Å². The van der Waals surface area contributed by atoms with Crippen molar-refractivity contribution in [2.24, 2.45) is 0 Å². The maximum atomic E-state index is 14.4. The number of nitrogens with zero attached hydrogens (tertiary/aromatic N) is 2. The third-order valence-corrected chi connectivity index (χ3v) is 7.05. The van der Waals surface area contributed by atoms with Crippen molar-refractivity contribution < 1.29 is 14.0 Å².